The van der Waals surface area contributed by atoms with Crippen LogP contribution in [-0.4, -0.2) is 21.9 Å². The number of aromatic nitrogens is 1. The predicted molar refractivity (Wildman–Crippen MR) is 115 cm³/mol. The van der Waals surface area contributed by atoms with E-state index in [1.807, 2.05) is 43.5 Å². The molecule has 0 aliphatic carbocycles. The molecule has 0 radical (unpaired) electrons. The van der Waals surface area contributed by atoms with Crippen molar-refractivity contribution in [1.82, 2.24) is 10.3 Å². The second-order valence-corrected chi connectivity index (χ2v) is 7.60. The highest BCUT2D eigenvalue weighted by Crippen LogP contribution is 2.27. The molecule has 3 N–H and O–H groups in total. The van der Waals surface area contributed by atoms with Gasteiger partial charge in [0.15, 0.2) is 5.13 Å². The number of hydrogen-bond donors (Lipinski definition) is 3. The Bertz CT molecular complexity index is 1030. The van der Waals surface area contributed by atoms with Gasteiger partial charge in [0.25, 0.3) is 5.91 Å². The smallest absolute Gasteiger partial charge is 0.261 e. The van der Waals surface area contributed by atoms with Gasteiger partial charge in [-0.2, -0.15) is 0 Å². The number of phenols is 1. The average molecular weight is 410 g/mol. The van der Waals surface area contributed by atoms with Crippen molar-refractivity contribution >= 4 is 28.3 Å². The zero-order chi connectivity index (χ0) is 21.0. The SMILES string of the molecule is CCc1ccc(O)c(C(=O)Nc2nc(-c3ccc(C(C)NC(C)=O)cc3)cs2)c1. The van der Waals surface area contributed by atoms with Gasteiger partial charge in [-0.05, 0) is 36.6 Å². The third-order valence-corrected chi connectivity index (χ3v) is 5.32. The van der Waals surface area contributed by atoms with Crippen molar-refractivity contribution in [3.63, 3.8) is 0 Å². The number of aryl methyl sites for hydroxylation is 1. The van der Waals surface area contributed by atoms with Gasteiger partial charge in [0.1, 0.15) is 5.75 Å². The van der Waals surface area contributed by atoms with Crippen LogP contribution < -0.4 is 10.6 Å². The first-order valence-corrected chi connectivity index (χ1v) is 10.2. The molecule has 0 saturated carbocycles. The molecule has 6 nitrogen and oxygen atoms in total. The summed E-state index contributed by atoms with van der Waals surface area (Å²) in [4.78, 5) is 28.2. The van der Waals surface area contributed by atoms with Crippen molar-refractivity contribution in [3.8, 4) is 17.0 Å². The van der Waals surface area contributed by atoms with Gasteiger partial charge in [0.05, 0.1) is 17.3 Å². The maximum Gasteiger partial charge on any atom is 0.261 e. The van der Waals surface area contributed by atoms with E-state index in [1.54, 1.807) is 12.1 Å². The summed E-state index contributed by atoms with van der Waals surface area (Å²) < 4.78 is 0. The zero-order valence-corrected chi connectivity index (χ0v) is 17.3. The Balaban J connectivity index is 1.72. The molecule has 150 valence electrons. The molecule has 1 aromatic heterocycles. The van der Waals surface area contributed by atoms with Crippen LogP contribution in [0, 0.1) is 0 Å². The van der Waals surface area contributed by atoms with Crippen LogP contribution >= 0.6 is 11.3 Å². The molecular formula is C22H23N3O3S. The van der Waals surface area contributed by atoms with Crippen molar-refractivity contribution in [1.29, 1.82) is 0 Å². The summed E-state index contributed by atoms with van der Waals surface area (Å²) >= 11 is 1.32. The molecule has 0 spiro atoms. The van der Waals surface area contributed by atoms with Crippen LogP contribution in [0.2, 0.25) is 0 Å². The summed E-state index contributed by atoms with van der Waals surface area (Å²) in [6.45, 7) is 5.41. The number of rotatable bonds is 6. The number of amides is 2. The van der Waals surface area contributed by atoms with E-state index in [2.05, 4.69) is 15.6 Å². The number of nitrogens with one attached hydrogen (secondary N) is 2. The molecule has 3 rings (SSSR count). The summed E-state index contributed by atoms with van der Waals surface area (Å²) in [6, 6.07) is 12.7. The van der Waals surface area contributed by atoms with Crippen molar-refractivity contribution in [2.45, 2.75) is 33.2 Å². The number of hydrogen-bond acceptors (Lipinski definition) is 5. The Labute approximate surface area is 173 Å². The maximum atomic E-state index is 12.5. The Hall–Kier alpha value is -3.19. The number of anilines is 1. The molecule has 1 heterocycles. The number of phenolic OH excluding ortho intramolecular Hbond substituents is 1. The highest BCUT2D eigenvalue weighted by atomic mass is 32.1. The molecule has 0 aliphatic rings. The van der Waals surface area contributed by atoms with E-state index >= 15 is 0 Å². The molecule has 1 unspecified atom stereocenters. The number of thiazole rings is 1. The van der Waals surface area contributed by atoms with E-state index < -0.39 is 5.91 Å². The van der Waals surface area contributed by atoms with Crippen LogP contribution in [0.3, 0.4) is 0 Å². The van der Waals surface area contributed by atoms with E-state index in [9.17, 15) is 14.7 Å². The number of benzene rings is 2. The fraction of sp³-hybridized carbons (Fsp3) is 0.227. The second-order valence-electron chi connectivity index (χ2n) is 6.74. The van der Waals surface area contributed by atoms with E-state index in [-0.39, 0.29) is 23.3 Å². The minimum absolute atomic E-state index is 0.0552. The first-order chi connectivity index (χ1) is 13.9. The van der Waals surface area contributed by atoms with Gasteiger partial charge in [0.2, 0.25) is 5.91 Å². The fourth-order valence-corrected chi connectivity index (χ4v) is 3.66. The van der Waals surface area contributed by atoms with Crippen LogP contribution in [0.1, 0.15) is 48.3 Å². The van der Waals surface area contributed by atoms with E-state index in [1.165, 1.54) is 24.3 Å². The Morgan fingerprint density at radius 3 is 2.55 bits per heavy atom. The summed E-state index contributed by atoms with van der Waals surface area (Å²) in [5.41, 5.74) is 3.87. The first-order valence-electron chi connectivity index (χ1n) is 9.33. The van der Waals surface area contributed by atoms with Crippen LogP contribution in [0.15, 0.2) is 47.8 Å². The Kier molecular flexibility index (Phi) is 6.29. The summed E-state index contributed by atoms with van der Waals surface area (Å²) in [5, 5.41) is 17.9. The third kappa shape index (κ3) is 5.00. The van der Waals surface area contributed by atoms with Gasteiger partial charge in [-0.25, -0.2) is 4.98 Å². The Morgan fingerprint density at radius 1 is 1.17 bits per heavy atom. The number of carbonyl (C=O) groups is 2. The minimum Gasteiger partial charge on any atom is -0.507 e. The average Bonchev–Trinajstić information content (AvgIpc) is 3.16. The molecule has 29 heavy (non-hydrogen) atoms. The molecule has 2 amide bonds. The molecule has 1 atom stereocenters. The van der Waals surface area contributed by atoms with Crippen LogP contribution in [0.4, 0.5) is 5.13 Å². The second kappa shape index (κ2) is 8.87. The lowest BCUT2D eigenvalue weighted by molar-refractivity contribution is -0.119. The van der Waals surface area contributed by atoms with E-state index in [0.717, 1.165) is 28.8 Å². The predicted octanol–water partition coefficient (Wildman–Crippen LogP) is 4.53. The lowest BCUT2D eigenvalue weighted by Gasteiger charge is -2.13. The summed E-state index contributed by atoms with van der Waals surface area (Å²) in [5.74, 6) is -0.518. The fourth-order valence-electron chi connectivity index (χ4n) is 2.94. The summed E-state index contributed by atoms with van der Waals surface area (Å²) in [7, 11) is 0. The first kappa shape index (κ1) is 20.5. The molecule has 0 bridgehead atoms. The van der Waals surface area contributed by atoms with Gasteiger partial charge in [-0.15, -0.1) is 11.3 Å². The standard InChI is InChI=1S/C22H23N3O3S/c1-4-15-5-10-20(27)18(11-15)21(28)25-22-24-19(12-29-22)17-8-6-16(7-9-17)13(2)23-14(3)26/h5-13,27H,4H2,1-3H3,(H,23,26)(H,24,25,28). The number of nitrogens with zero attached hydrogens (tertiary/aromatic N) is 1. The molecule has 2 aromatic carbocycles. The van der Waals surface area contributed by atoms with Crippen LogP contribution in [-0.2, 0) is 11.2 Å². The van der Waals surface area contributed by atoms with E-state index in [0.29, 0.717) is 5.13 Å². The van der Waals surface area contributed by atoms with Crippen molar-refractivity contribution in [3.05, 3.63) is 64.5 Å². The molecule has 0 aliphatic heterocycles. The van der Waals surface area contributed by atoms with Crippen molar-refractivity contribution in [2.75, 3.05) is 5.32 Å². The lowest BCUT2D eigenvalue weighted by Crippen LogP contribution is -2.23. The molecule has 7 heteroatoms. The van der Waals surface area contributed by atoms with Gasteiger partial charge in [0, 0.05) is 17.9 Å². The largest absolute Gasteiger partial charge is 0.507 e. The molecule has 0 fully saturated rings. The molecule has 3 aromatic rings. The number of aromatic hydroxyl groups is 1. The van der Waals surface area contributed by atoms with Crippen LogP contribution in [0.5, 0.6) is 5.75 Å². The zero-order valence-electron chi connectivity index (χ0n) is 16.5. The highest BCUT2D eigenvalue weighted by Gasteiger charge is 2.14. The maximum absolute atomic E-state index is 12.5. The van der Waals surface area contributed by atoms with Gasteiger partial charge >= 0.3 is 0 Å². The monoisotopic (exact) mass is 409 g/mol. The minimum atomic E-state index is -0.391. The van der Waals surface area contributed by atoms with E-state index in [4.69, 9.17) is 0 Å². The normalized spacial score (nSPS) is 11.7. The van der Waals surface area contributed by atoms with Gasteiger partial charge < -0.3 is 10.4 Å². The molecule has 0 saturated heterocycles. The summed E-state index contributed by atoms with van der Waals surface area (Å²) in [6.07, 6.45) is 0.776. The highest BCUT2D eigenvalue weighted by molar-refractivity contribution is 7.14. The van der Waals surface area contributed by atoms with Crippen LogP contribution in [0.25, 0.3) is 11.3 Å². The van der Waals surface area contributed by atoms with Gasteiger partial charge in [-0.1, -0.05) is 37.3 Å². The van der Waals surface area contributed by atoms with Gasteiger partial charge in [-0.3, -0.25) is 14.9 Å². The van der Waals surface area contributed by atoms with Crippen molar-refractivity contribution in [2.24, 2.45) is 0 Å². The third-order valence-electron chi connectivity index (χ3n) is 4.56. The lowest BCUT2D eigenvalue weighted by atomic mass is 10.1. The Morgan fingerprint density at radius 2 is 1.90 bits per heavy atom. The quantitative estimate of drug-likeness (QED) is 0.558. The number of carbonyl (C=O) groups excluding carboxylic acids is 2. The van der Waals surface area contributed by atoms with Crippen molar-refractivity contribution < 1.29 is 14.7 Å². The molecular weight excluding hydrogens is 386 g/mol. The topological polar surface area (TPSA) is 91.3 Å².